The Bertz CT molecular complexity index is 914. The summed E-state index contributed by atoms with van der Waals surface area (Å²) in [7, 11) is 0. The maximum atomic E-state index is 12.5. The highest BCUT2D eigenvalue weighted by Crippen LogP contribution is 2.29. The van der Waals surface area contributed by atoms with Crippen molar-refractivity contribution in [2.45, 2.75) is 9.92 Å². The number of carbonyl (C=O) groups excluding carboxylic acids is 2. The fourth-order valence-corrected chi connectivity index (χ4v) is 3.34. The van der Waals surface area contributed by atoms with E-state index in [0.29, 0.717) is 18.7 Å². The van der Waals surface area contributed by atoms with E-state index in [1.54, 1.807) is 24.4 Å². The first-order valence-corrected chi connectivity index (χ1v) is 9.73. The van der Waals surface area contributed by atoms with E-state index in [2.05, 4.69) is 31.5 Å². The Balaban J connectivity index is 1.55. The lowest BCUT2D eigenvalue weighted by molar-refractivity contribution is 0.0910. The highest BCUT2D eigenvalue weighted by atomic mass is 79.9. The summed E-state index contributed by atoms with van der Waals surface area (Å²) in [4.78, 5) is 29.4. The predicted octanol–water partition coefficient (Wildman–Crippen LogP) is 3.75. The van der Waals surface area contributed by atoms with E-state index in [1.807, 2.05) is 30.3 Å². The molecule has 0 aliphatic heterocycles. The van der Waals surface area contributed by atoms with Crippen LogP contribution in [-0.4, -0.2) is 29.9 Å². The molecule has 1 aromatic carbocycles. The summed E-state index contributed by atoms with van der Waals surface area (Å²) in [5.74, 6) is -0.279. The van der Waals surface area contributed by atoms with Crippen molar-refractivity contribution in [2.75, 3.05) is 13.1 Å². The minimum atomic E-state index is -0.313. The van der Waals surface area contributed by atoms with Crippen LogP contribution in [0.2, 0.25) is 0 Å². The second-order valence-electron chi connectivity index (χ2n) is 5.40. The number of halogens is 1. The third-order valence-electron chi connectivity index (χ3n) is 3.49. The number of carbonyl (C=O) groups is 2. The summed E-state index contributed by atoms with van der Waals surface area (Å²) < 4.78 is 5.91. The quantitative estimate of drug-likeness (QED) is 0.541. The molecular formula is C19H16BrN3O3S. The zero-order chi connectivity index (χ0) is 19.1. The molecule has 0 saturated heterocycles. The molecule has 0 unspecified atom stereocenters. The molecule has 8 heteroatoms. The first-order valence-electron chi connectivity index (χ1n) is 8.12. The van der Waals surface area contributed by atoms with Gasteiger partial charge >= 0.3 is 0 Å². The first kappa shape index (κ1) is 19.2. The monoisotopic (exact) mass is 445 g/mol. The van der Waals surface area contributed by atoms with E-state index in [-0.39, 0.29) is 17.6 Å². The number of nitrogens with zero attached hydrogens (tertiary/aromatic N) is 1. The van der Waals surface area contributed by atoms with Crippen molar-refractivity contribution in [3.05, 3.63) is 76.8 Å². The minimum Gasteiger partial charge on any atom is -0.459 e. The van der Waals surface area contributed by atoms with Gasteiger partial charge in [0.05, 0.1) is 11.8 Å². The zero-order valence-corrected chi connectivity index (χ0v) is 16.5. The largest absolute Gasteiger partial charge is 0.459 e. The lowest BCUT2D eigenvalue weighted by atomic mass is 10.2. The van der Waals surface area contributed by atoms with Crippen LogP contribution in [0, 0.1) is 0 Å². The van der Waals surface area contributed by atoms with Crippen LogP contribution in [0.4, 0.5) is 0 Å². The molecule has 2 N–H and O–H groups in total. The summed E-state index contributed by atoms with van der Waals surface area (Å²) >= 11 is 4.77. The van der Waals surface area contributed by atoms with E-state index in [9.17, 15) is 9.59 Å². The van der Waals surface area contributed by atoms with Gasteiger partial charge < -0.3 is 15.1 Å². The second-order valence-corrected chi connectivity index (χ2v) is 7.38. The molecule has 6 nitrogen and oxygen atoms in total. The molecular weight excluding hydrogens is 430 g/mol. The molecule has 0 atom stereocenters. The minimum absolute atomic E-state index is 0.206. The average molecular weight is 446 g/mol. The number of benzene rings is 1. The van der Waals surface area contributed by atoms with Crippen molar-refractivity contribution in [3.63, 3.8) is 0 Å². The van der Waals surface area contributed by atoms with Crippen molar-refractivity contribution < 1.29 is 14.0 Å². The van der Waals surface area contributed by atoms with Crippen LogP contribution in [0.25, 0.3) is 0 Å². The van der Waals surface area contributed by atoms with E-state index in [1.165, 1.54) is 18.0 Å². The van der Waals surface area contributed by atoms with Crippen molar-refractivity contribution in [1.82, 2.24) is 15.6 Å². The molecule has 3 rings (SSSR count). The SMILES string of the molecule is O=C(NCCNC(=O)c1ccccc1Sc1ccc(Br)cn1)c1ccco1. The zero-order valence-electron chi connectivity index (χ0n) is 14.1. The van der Waals surface area contributed by atoms with Crippen LogP contribution in [0.5, 0.6) is 0 Å². The van der Waals surface area contributed by atoms with Crippen molar-refractivity contribution in [1.29, 1.82) is 0 Å². The molecule has 138 valence electrons. The topological polar surface area (TPSA) is 84.2 Å². The van der Waals surface area contributed by atoms with Gasteiger partial charge in [0.2, 0.25) is 0 Å². The maximum Gasteiger partial charge on any atom is 0.287 e. The molecule has 2 heterocycles. The number of nitrogens with one attached hydrogen (secondary N) is 2. The van der Waals surface area contributed by atoms with Gasteiger partial charge in [-0.3, -0.25) is 9.59 Å². The van der Waals surface area contributed by atoms with Gasteiger partial charge in [-0.1, -0.05) is 23.9 Å². The molecule has 2 amide bonds. The molecule has 0 radical (unpaired) electrons. The fourth-order valence-electron chi connectivity index (χ4n) is 2.22. The molecule has 3 aromatic rings. The summed E-state index contributed by atoms with van der Waals surface area (Å²) in [6, 6.07) is 14.3. The molecule has 2 aromatic heterocycles. The molecule has 0 aliphatic carbocycles. The first-order chi connectivity index (χ1) is 13.1. The lowest BCUT2D eigenvalue weighted by Gasteiger charge is -2.10. The van der Waals surface area contributed by atoms with Gasteiger partial charge in [0.25, 0.3) is 11.8 Å². The predicted molar refractivity (Wildman–Crippen MR) is 106 cm³/mol. The summed E-state index contributed by atoms with van der Waals surface area (Å²) in [6.45, 7) is 0.607. The third-order valence-corrected chi connectivity index (χ3v) is 4.98. The Labute approximate surface area is 168 Å². The van der Waals surface area contributed by atoms with Gasteiger partial charge in [0.1, 0.15) is 5.03 Å². The van der Waals surface area contributed by atoms with Gasteiger partial charge in [-0.15, -0.1) is 0 Å². The van der Waals surface area contributed by atoms with Crippen LogP contribution in [0.15, 0.2) is 79.8 Å². The highest BCUT2D eigenvalue weighted by molar-refractivity contribution is 9.10. The number of pyridine rings is 1. The summed E-state index contributed by atoms with van der Waals surface area (Å²) in [6.07, 6.45) is 3.15. The lowest BCUT2D eigenvalue weighted by Crippen LogP contribution is -2.34. The average Bonchev–Trinajstić information content (AvgIpc) is 3.22. The van der Waals surface area contributed by atoms with E-state index >= 15 is 0 Å². The third kappa shape index (κ3) is 5.45. The number of rotatable bonds is 7. The van der Waals surface area contributed by atoms with Gasteiger partial charge in [0, 0.05) is 28.7 Å². The number of hydrogen-bond acceptors (Lipinski definition) is 5. The van der Waals surface area contributed by atoms with Crippen molar-refractivity contribution in [2.24, 2.45) is 0 Å². The van der Waals surface area contributed by atoms with Gasteiger partial charge in [-0.2, -0.15) is 0 Å². The van der Waals surface area contributed by atoms with Crippen LogP contribution in [0.3, 0.4) is 0 Å². The van der Waals surface area contributed by atoms with Crippen molar-refractivity contribution >= 4 is 39.5 Å². The van der Waals surface area contributed by atoms with E-state index < -0.39 is 0 Å². The van der Waals surface area contributed by atoms with E-state index in [0.717, 1.165) is 14.4 Å². The van der Waals surface area contributed by atoms with Gasteiger partial charge in [-0.25, -0.2) is 4.98 Å². The van der Waals surface area contributed by atoms with Gasteiger partial charge in [0.15, 0.2) is 5.76 Å². The number of amides is 2. The smallest absolute Gasteiger partial charge is 0.287 e. The normalized spacial score (nSPS) is 10.4. The van der Waals surface area contributed by atoms with Crippen LogP contribution in [-0.2, 0) is 0 Å². The number of aromatic nitrogens is 1. The molecule has 0 spiro atoms. The molecule has 0 saturated carbocycles. The van der Waals surface area contributed by atoms with Crippen LogP contribution < -0.4 is 10.6 Å². The Morgan fingerprint density at radius 2 is 1.78 bits per heavy atom. The summed E-state index contributed by atoms with van der Waals surface area (Å²) in [5, 5.41) is 6.29. The Morgan fingerprint density at radius 1 is 1.00 bits per heavy atom. The number of hydrogen-bond donors (Lipinski definition) is 2. The maximum absolute atomic E-state index is 12.5. The van der Waals surface area contributed by atoms with Crippen molar-refractivity contribution in [3.8, 4) is 0 Å². The highest BCUT2D eigenvalue weighted by Gasteiger charge is 2.13. The molecule has 0 bridgehead atoms. The van der Waals surface area contributed by atoms with Gasteiger partial charge in [-0.05, 0) is 52.3 Å². The standard InChI is InChI=1S/C19H16BrN3O3S/c20-13-7-8-17(23-12-13)27-16-6-2-1-4-14(16)18(24)21-9-10-22-19(25)15-5-3-11-26-15/h1-8,11-12H,9-10H2,(H,21,24)(H,22,25). The fraction of sp³-hybridized carbons (Fsp3) is 0.105. The summed E-state index contributed by atoms with van der Waals surface area (Å²) in [5.41, 5.74) is 0.560. The number of furan rings is 1. The molecule has 0 fully saturated rings. The van der Waals surface area contributed by atoms with Crippen LogP contribution in [0.1, 0.15) is 20.9 Å². The molecule has 0 aliphatic rings. The Hall–Kier alpha value is -2.58. The van der Waals surface area contributed by atoms with Crippen LogP contribution >= 0.6 is 27.7 Å². The second kappa shape index (κ2) is 9.38. The Morgan fingerprint density at radius 3 is 2.48 bits per heavy atom. The van der Waals surface area contributed by atoms with E-state index in [4.69, 9.17) is 4.42 Å². The molecule has 27 heavy (non-hydrogen) atoms. The Kier molecular flexibility index (Phi) is 6.67.